The fraction of sp³-hybridized carbons (Fsp3) is 0.455. The molecule has 0 spiro atoms. The molecular weight excluding hydrogens is 451 g/mol. The molecule has 2 fully saturated rings. The lowest BCUT2D eigenvalue weighted by Crippen LogP contribution is -2.45. The Kier molecular flexibility index (Phi) is 6.83. The summed E-state index contributed by atoms with van der Waals surface area (Å²) in [6.07, 6.45) is 4.42. The number of carbonyl (C=O) groups excluding carboxylic acids is 2. The van der Waals surface area contributed by atoms with Crippen LogP contribution in [0.1, 0.15) is 32.1 Å². The zero-order chi connectivity index (χ0) is 23.5. The second kappa shape index (κ2) is 9.78. The SMILES string of the molecule is NC(=O)[C@H]1[C@H]2C[C@@H](CCCC(=O)Nc3cccc(N=O)c3)[C@@H](C2)[C@H]1Nc1nc(Cl)ncc1F. The topological polar surface area (TPSA) is 139 Å². The van der Waals surface area contributed by atoms with E-state index in [1.165, 1.54) is 6.07 Å². The van der Waals surface area contributed by atoms with Gasteiger partial charge in [0.05, 0.1) is 12.1 Å². The molecule has 2 aromatic rings. The van der Waals surface area contributed by atoms with Crippen LogP contribution in [0.25, 0.3) is 0 Å². The number of nitroso groups, excluding NO2 is 1. The molecule has 11 heteroatoms. The summed E-state index contributed by atoms with van der Waals surface area (Å²) in [5, 5.41) is 8.61. The molecule has 0 radical (unpaired) electrons. The normalized spacial score (nSPS) is 25.6. The third-order valence-corrected chi connectivity index (χ3v) is 6.88. The first-order valence-corrected chi connectivity index (χ1v) is 11.2. The fourth-order valence-corrected chi connectivity index (χ4v) is 5.56. The van der Waals surface area contributed by atoms with E-state index >= 15 is 0 Å². The first-order valence-electron chi connectivity index (χ1n) is 10.8. The number of hydrogen-bond donors (Lipinski definition) is 3. The Bertz CT molecular complexity index is 1070. The highest BCUT2D eigenvalue weighted by Crippen LogP contribution is 2.54. The van der Waals surface area contributed by atoms with Gasteiger partial charge in [-0.15, -0.1) is 4.91 Å². The number of rotatable bonds is 9. The minimum absolute atomic E-state index is 0.0380. The molecule has 5 atom stereocenters. The van der Waals surface area contributed by atoms with Crippen LogP contribution in [0.5, 0.6) is 0 Å². The molecule has 2 aliphatic rings. The maximum atomic E-state index is 14.2. The maximum Gasteiger partial charge on any atom is 0.224 e. The molecular formula is C22H24ClFN6O3. The average Bonchev–Trinajstić information content (AvgIpc) is 3.34. The fourth-order valence-electron chi connectivity index (χ4n) is 5.43. The van der Waals surface area contributed by atoms with E-state index in [9.17, 15) is 18.9 Å². The van der Waals surface area contributed by atoms with Crippen molar-refractivity contribution in [2.24, 2.45) is 34.6 Å². The molecule has 4 rings (SSSR count). The van der Waals surface area contributed by atoms with Gasteiger partial charge in [-0.3, -0.25) is 9.59 Å². The number of aromatic nitrogens is 2. The van der Waals surface area contributed by atoms with Gasteiger partial charge in [-0.1, -0.05) is 6.07 Å². The quantitative estimate of drug-likeness (QED) is 0.370. The van der Waals surface area contributed by atoms with Gasteiger partial charge in [0.2, 0.25) is 17.1 Å². The van der Waals surface area contributed by atoms with Crippen molar-refractivity contribution >= 4 is 40.6 Å². The molecule has 4 N–H and O–H groups in total. The summed E-state index contributed by atoms with van der Waals surface area (Å²) in [6.45, 7) is 0. The lowest BCUT2D eigenvalue weighted by atomic mass is 9.76. The summed E-state index contributed by atoms with van der Waals surface area (Å²) in [4.78, 5) is 42.6. The first-order chi connectivity index (χ1) is 15.9. The minimum Gasteiger partial charge on any atom is -0.369 e. The van der Waals surface area contributed by atoms with Gasteiger partial charge in [0, 0.05) is 18.2 Å². The van der Waals surface area contributed by atoms with Crippen LogP contribution in [-0.4, -0.2) is 27.8 Å². The molecule has 2 aliphatic carbocycles. The zero-order valence-corrected chi connectivity index (χ0v) is 18.5. The predicted molar refractivity (Wildman–Crippen MR) is 121 cm³/mol. The van der Waals surface area contributed by atoms with Crippen molar-refractivity contribution in [3.63, 3.8) is 0 Å². The Hall–Kier alpha value is -3.14. The maximum absolute atomic E-state index is 14.2. The number of nitrogens with zero attached hydrogens (tertiary/aromatic N) is 3. The van der Waals surface area contributed by atoms with Crippen molar-refractivity contribution in [1.29, 1.82) is 0 Å². The highest BCUT2D eigenvalue weighted by molar-refractivity contribution is 6.28. The number of nitrogens with one attached hydrogen (secondary N) is 2. The summed E-state index contributed by atoms with van der Waals surface area (Å²) in [6, 6.07) is 6.07. The monoisotopic (exact) mass is 474 g/mol. The molecule has 1 heterocycles. The van der Waals surface area contributed by atoms with Gasteiger partial charge in [-0.25, -0.2) is 9.37 Å². The van der Waals surface area contributed by atoms with Crippen LogP contribution in [0, 0.1) is 34.4 Å². The smallest absolute Gasteiger partial charge is 0.224 e. The van der Waals surface area contributed by atoms with Crippen LogP contribution < -0.4 is 16.4 Å². The highest BCUT2D eigenvalue weighted by Gasteiger charge is 2.54. The number of carbonyl (C=O) groups is 2. The molecule has 174 valence electrons. The van der Waals surface area contributed by atoms with Gasteiger partial charge in [-0.05, 0) is 78.4 Å². The summed E-state index contributed by atoms with van der Waals surface area (Å²) in [5.41, 5.74) is 6.44. The Morgan fingerprint density at radius 3 is 2.88 bits per heavy atom. The Morgan fingerprint density at radius 2 is 2.12 bits per heavy atom. The van der Waals surface area contributed by atoms with E-state index in [1.807, 2.05) is 0 Å². The first kappa shape index (κ1) is 23.0. The van der Waals surface area contributed by atoms with Gasteiger partial charge < -0.3 is 16.4 Å². The summed E-state index contributed by atoms with van der Waals surface area (Å²) in [5.74, 6) is -1.16. The number of amides is 2. The molecule has 2 amide bonds. The average molecular weight is 475 g/mol. The van der Waals surface area contributed by atoms with E-state index in [2.05, 4.69) is 25.8 Å². The van der Waals surface area contributed by atoms with Crippen molar-refractivity contribution in [3.05, 3.63) is 46.5 Å². The molecule has 2 bridgehead atoms. The lowest BCUT2D eigenvalue weighted by Gasteiger charge is -2.35. The summed E-state index contributed by atoms with van der Waals surface area (Å²) < 4.78 is 14.2. The molecule has 1 aromatic heterocycles. The lowest BCUT2D eigenvalue weighted by molar-refractivity contribution is -0.123. The van der Waals surface area contributed by atoms with Crippen LogP contribution in [0.4, 0.5) is 21.6 Å². The van der Waals surface area contributed by atoms with Crippen molar-refractivity contribution in [3.8, 4) is 0 Å². The zero-order valence-electron chi connectivity index (χ0n) is 17.7. The Balaban J connectivity index is 1.35. The van der Waals surface area contributed by atoms with Crippen LogP contribution in [-0.2, 0) is 9.59 Å². The van der Waals surface area contributed by atoms with E-state index in [0.29, 0.717) is 18.5 Å². The number of benzene rings is 1. The van der Waals surface area contributed by atoms with E-state index in [4.69, 9.17) is 17.3 Å². The summed E-state index contributed by atoms with van der Waals surface area (Å²) >= 11 is 5.80. The van der Waals surface area contributed by atoms with Gasteiger partial charge >= 0.3 is 0 Å². The van der Waals surface area contributed by atoms with Gasteiger partial charge in [0.25, 0.3) is 0 Å². The number of halogens is 2. The standard InChI is InChI=1S/C22H24ClFN6O3/c23-22-26-10-16(24)21(29-22)28-19-15-8-12(18(19)20(25)32)7-11(15)3-1-6-17(31)27-13-4-2-5-14(9-13)30-33/h2,4-5,9-12,15,18-19H,1,3,6-8H2,(H2,25,32)(H,27,31)(H,26,28,29)/t11-,12+,15-,18+,19-/m1/s1. The largest absolute Gasteiger partial charge is 0.369 e. The van der Waals surface area contributed by atoms with Gasteiger partial charge in [-0.2, -0.15) is 4.98 Å². The van der Waals surface area contributed by atoms with Crippen molar-refractivity contribution < 1.29 is 14.0 Å². The van der Waals surface area contributed by atoms with Gasteiger partial charge in [0.15, 0.2) is 11.6 Å². The molecule has 0 unspecified atom stereocenters. The number of nitrogens with two attached hydrogens (primary N) is 1. The van der Waals surface area contributed by atoms with Gasteiger partial charge in [0.1, 0.15) is 5.69 Å². The van der Waals surface area contributed by atoms with Crippen LogP contribution in [0.3, 0.4) is 0 Å². The van der Waals surface area contributed by atoms with Crippen LogP contribution >= 0.6 is 11.6 Å². The second-order valence-electron chi connectivity index (χ2n) is 8.67. The van der Waals surface area contributed by atoms with E-state index < -0.39 is 17.6 Å². The summed E-state index contributed by atoms with van der Waals surface area (Å²) in [7, 11) is 0. The predicted octanol–water partition coefficient (Wildman–Crippen LogP) is 4.01. The number of fused-ring (bicyclic) bond motifs is 2. The van der Waals surface area contributed by atoms with E-state index in [-0.39, 0.29) is 46.5 Å². The third kappa shape index (κ3) is 5.11. The van der Waals surface area contributed by atoms with Crippen LogP contribution in [0.15, 0.2) is 35.6 Å². The second-order valence-corrected chi connectivity index (χ2v) is 9.01. The molecule has 2 saturated carbocycles. The van der Waals surface area contributed by atoms with Crippen LogP contribution in [0.2, 0.25) is 5.28 Å². The van der Waals surface area contributed by atoms with E-state index in [0.717, 1.165) is 25.5 Å². The minimum atomic E-state index is -0.646. The third-order valence-electron chi connectivity index (χ3n) is 6.70. The number of anilines is 2. The Morgan fingerprint density at radius 1 is 1.30 bits per heavy atom. The van der Waals surface area contributed by atoms with Crippen molar-refractivity contribution in [1.82, 2.24) is 9.97 Å². The van der Waals surface area contributed by atoms with E-state index in [1.54, 1.807) is 18.2 Å². The molecule has 0 saturated heterocycles. The van der Waals surface area contributed by atoms with Crippen molar-refractivity contribution in [2.45, 2.75) is 38.1 Å². The highest BCUT2D eigenvalue weighted by atomic mass is 35.5. The number of hydrogen-bond acceptors (Lipinski definition) is 7. The number of primary amides is 1. The van der Waals surface area contributed by atoms with Crippen molar-refractivity contribution in [2.75, 3.05) is 10.6 Å². The molecule has 0 aliphatic heterocycles. The molecule has 1 aromatic carbocycles. The molecule has 9 nitrogen and oxygen atoms in total. The molecule has 33 heavy (non-hydrogen) atoms. The Labute approximate surface area is 194 Å².